The molecule has 1 aliphatic heterocycles. The van der Waals surface area contributed by atoms with Crippen molar-refractivity contribution in [2.24, 2.45) is 5.73 Å². The van der Waals surface area contributed by atoms with E-state index in [2.05, 4.69) is 16.8 Å². The maximum atomic E-state index is 5.87. The molecule has 1 fully saturated rings. The van der Waals surface area contributed by atoms with Crippen molar-refractivity contribution in [3.05, 3.63) is 18.3 Å². The number of hydrogen-bond donors (Lipinski definition) is 1. The first kappa shape index (κ1) is 12.2. The van der Waals surface area contributed by atoms with E-state index in [9.17, 15) is 0 Å². The number of aromatic nitrogens is 1. The molecule has 0 spiro atoms. The number of rotatable bonds is 3. The average Bonchev–Trinajstić information content (AvgIpc) is 2.38. The van der Waals surface area contributed by atoms with E-state index in [0.717, 1.165) is 18.0 Å². The van der Waals surface area contributed by atoms with Gasteiger partial charge in [0.25, 0.3) is 0 Å². The summed E-state index contributed by atoms with van der Waals surface area (Å²) in [5.74, 6) is 1.76. The standard InChI is InChI=1S/C13H21N3O/c1-10-5-3-6-11(9-14)16(10)13-12(17-2)7-4-8-15-13/h4,7-8,10-11H,3,5-6,9,14H2,1-2H3. The summed E-state index contributed by atoms with van der Waals surface area (Å²) < 4.78 is 5.39. The van der Waals surface area contributed by atoms with E-state index in [1.54, 1.807) is 7.11 Å². The number of hydrogen-bond acceptors (Lipinski definition) is 4. The number of methoxy groups -OCH3 is 1. The lowest BCUT2D eigenvalue weighted by Crippen LogP contribution is -2.49. The molecule has 0 radical (unpaired) electrons. The normalized spacial score (nSPS) is 24.8. The Bertz CT molecular complexity index is 369. The van der Waals surface area contributed by atoms with Gasteiger partial charge in [0.15, 0.2) is 11.6 Å². The Morgan fingerprint density at radius 3 is 3.06 bits per heavy atom. The highest BCUT2D eigenvalue weighted by Gasteiger charge is 2.29. The van der Waals surface area contributed by atoms with Crippen molar-refractivity contribution >= 4 is 5.82 Å². The summed E-state index contributed by atoms with van der Waals surface area (Å²) in [6.07, 6.45) is 5.39. The summed E-state index contributed by atoms with van der Waals surface area (Å²) in [6, 6.07) is 4.70. The highest BCUT2D eigenvalue weighted by atomic mass is 16.5. The smallest absolute Gasteiger partial charge is 0.171 e. The zero-order valence-electron chi connectivity index (χ0n) is 10.6. The van der Waals surface area contributed by atoms with Gasteiger partial charge < -0.3 is 15.4 Å². The third kappa shape index (κ3) is 2.36. The minimum Gasteiger partial charge on any atom is -0.493 e. The molecule has 4 heteroatoms. The van der Waals surface area contributed by atoms with Crippen molar-refractivity contribution in [3.8, 4) is 5.75 Å². The first-order valence-corrected chi connectivity index (χ1v) is 6.25. The minimum atomic E-state index is 0.377. The molecule has 94 valence electrons. The Balaban J connectivity index is 2.34. The predicted octanol–water partition coefficient (Wildman–Crippen LogP) is 1.80. The molecule has 2 rings (SSSR count). The van der Waals surface area contributed by atoms with Crippen molar-refractivity contribution in [3.63, 3.8) is 0 Å². The van der Waals surface area contributed by atoms with E-state index in [1.807, 2.05) is 18.3 Å². The van der Waals surface area contributed by atoms with Crippen LogP contribution in [0.5, 0.6) is 5.75 Å². The Morgan fingerprint density at radius 2 is 2.35 bits per heavy atom. The summed E-state index contributed by atoms with van der Waals surface area (Å²) in [4.78, 5) is 6.79. The number of piperidine rings is 1. The summed E-state index contributed by atoms with van der Waals surface area (Å²) >= 11 is 0. The monoisotopic (exact) mass is 235 g/mol. The number of pyridine rings is 1. The molecule has 17 heavy (non-hydrogen) atoms. The van der Waals surface area contributed by atoms with Crippen LogP contribution in [-0.4, -0.2) is 30.7 Å². The van der Waals surface area contributed by atoms with Gasteiger partial charge in [0, 0.05) is 24.8 Å². The highest BCUT2D eigenvalue weighted by Crippen LogP contribution is 2.33. The summed E-state index contributed by atoms with van der Waals surface area (Å²) in [5, 5.41) is 0. The average molecular weight is 235 g/mol. The van der Waals surface area contributed by atoms with Gasteiger partial charge in [-0.05, 0) is 38.3 Å². The molecule has 4 nitrogen and oxygen atoms in total. The molecule has 2 unspecified atom stereocenters. The highest BCUT2D eigenvalue weighted by molar-refractivity contribution is 5.54. The van der Waals surface area contributed by atoms with Gasteiger partial charge in [-0.2, -0.15) is 0 Å². The lowest BCUT2D eigenvalue weighted by molar-refractivity contribution is 0.377. The van der Waals surface area contributed by atoms with E-state index in [-0.39, 0.29) is 0 Å². The molecule has 1 aromatic rings. The zero-order chi connectivity index (χ0) is 12.3. The van der Waals surface area contributed by atoms with Crippen molar-refractivity contribution in [1.82, 2.24) is 4.98 Å². The Labute approximate surface area is 103 Å². The van der Waals surface area contributed by atoms with Crippen LogP contribution in [0.15, 0.2) is 18.3 Å². The SMILES string of the molecule is COc1cccnc1N1C(C)CCCC1CN. The molecule has 2 N–H and O–H groups in total. The van der Waals surface area contributed by atoms with Gasteiger partial charge in [0.05, 0.1) is 7.11 Å². The van der Waals surface area contributed by atoms with Crippen LogP contribution in [-0.2, 0) is 0 Å². The second-order valence-electron chi connectivity index (χ2n) is 4.61. The molecule has 1 saturated heterocycles. The van der Waals surface area contributed by atoms with E-state index in [0.29, 0.717) is 18.6 Å². The molecular weight excluding hydrogens is 214 g/mol. The van der Waals surface area contributed by atoms with E-state index >= 15 is 0 Å². The third-order valence-electron chi connectivity index (χ3n) is 3.51. The van der Waals surface area contributed by atoms with Crippen LogP contribution in [0, 0.1) is 0 Å². The Kier molecular flexibility index (Phi) is 3.84. The van der Waals surface area contributed by atoms with Crippen LogP contribution < -0.4 is 15.4 Å². The molecule has 1 aromatic heterocycles. The van der Waals surface area contributed by atoms with E-state index < -0.39 is 0 Å². The summed E-state index contributed by atoms with van der Waals surface area (Å²) in [6.45, 7) is 2.90. The van der Waals surface area contributed by atoms with Gasteiger partial charge in [-0.25, -0.2) is 4.98 Å². The lowest BCUT2D eigenvalue weighted by atomic mass is 9.96. The predicted molar refractivity (Wildman–Crippen MR) is 69.4 cm³/mol. The van der Waals surface area contributed by atoms with E-state index in [1.165, 1.54) is 12.8 Å². The first-order chi connectivity index (χ1) is 8.27. The maximum Gasteiger partial charge on any atom is 0.171 e. The van der Waals surface area contributed by atoms with Gasteiger partial charge in [0.1, 0.15) is 0 Å². The molecule has 0 saturated carbocycles. The van der Waals surface area contributed by atoms with Crippen molar-refractivity contribution in [1.29, 1.82) is 0 Å². The summed E-state index contributed by atoms with van der Waals surface area (Å²) in [5.41, 5.74) is 5.87. The van der Waals surface area contributed by atoms with Crippen molar-refractivity contribution < 1.29 is 4.74 Å². The maximum absolute atomic E-state index is 5.87. The van der Waals surface area contributed by atoms with Gasteiger partial charge in [-0.3, -0.25) is 0 Å². The first-order valence-electron chi connectivity index (χ1n) is 6.25. The molecule has 0 bridgehead atoms. The second kappa shape index (κ2) is 5.36. The molecule has 0 aliphatic carbocycles. The van der Waals surface area contributed by atoms with Crippen LogP contribution >= 0.6 is 0 Å². The zero-order valence-corrected chi connectivity index (χ0v) is 10.6. The molecular formula is C13H21N3O. The topological polar surface area (TPSA) is 51.4 Å². The fourth-order valence-corrected chi connectivity index (χ4v) is 2.64. The fraction of sp³-hybridized carbons (Fsp3) is 0.615. The molecule has 2 atom stereocenters. The number of anilines is 1. The summed E-state index contributed by atoms with van der Waals surface area (Å²) in [7, 11) is 1.69. The Hall–Kier alpha value is -1.29. The molecule has 2 heterocycles. The van der Waals surface area contributed by atoms with Crippen LogP contribution in [0.3, 0.4) is 0 Å². The molecule has 0 amide bonds. The van der Waals surface area contributed by atoms with Gasteiger partial charge in [0.2, 0.25) is 0 Å². The largest absolute Gasteiger partial charge is 0.493 e. The molecule has 0 aromatic carbocycles. The van der Waals surface area contributed by atoms with Gasteiger partial charge in [-0.15, -0.1) is 0 Å². The Morgan fingerprint density at radius 1 is 1.53 bits per heavy atom. The van der Waals surface area contributed by atoms with Crippen LogP contribution in [0.1, 0.15) is 26.2 Å². The second-order valence-corrected chi connectivity index (χ2v) is 4.61. The van der Waals surface area contributed by atoms with Crippen LogP contribution in [0.25, 0.3) is 0 Å². The quantitative estimate of drug-likeness (QED) is 0.868. The number of nitrogens with zero attached hydrogens (tertiary/aromatic N) is 2. The van der Waals surface area contributed by atoms with Gasteiger partial charge >= 0.3 is 0 Å². The fourth-order valence-electron chi connectivity index (χ4n) is 2.64. The third-order valence-corrected chi connectivity index (χ3v) is 3.51. The van der Waals surface area contributed by atoms with E-state index in [4.69, 9.17) is 10.5 Å². The van der Waals surface area contributed by atoms with Crippen LogP contribution in [0.2, 0.25) is 0 Å². The lowest BCUT2D eigenvalue weighted by Gasteiger charge is -2.41. The van der Waals surface area contributed by atoms with Crippen molar-refractivity contribution in [2.75, 3.05) is 18.6 Å². The van der Waals surface area contributed by atoms with Gasteiger partial charge in [-0.1, -0.05) is 0 Å². The number of ether oxygens (including phenoxy) is 1. The molecule has 1 aliphatic rings. The minimum absolute atomic E-state index is 0.377. The number of nitrogens with two attached hydrogens (primary N) is 1. The van der Waals surface area contributed by atoms with Crippen molar-refractivity contribution in [2.45, 2.75) is 38.3 Å². The van der Waals surface area contributed by atoms with Crippen LogP contribution in [0.4, 0.5) is 5.82 Å².